The summed E-state index contributed by atoms with van der Waals surface area (Å²) in [6.07, 6.45) is 4.87. The summed E-state index contributed by atoms with van der Waals surface area (Å²) in [7, 11) is 3.33. The fraction of sp³-hybridized carbons (Fsp3) is 0.529. The Labute approximate surface area is 146 Å². The minimum atomic E-state index is -0.619. The average molecular weight is 348 g/mol. The van der Waals surface area contributed by atoms with Crippen molar-refractivity contribution in [2.75, 3.05) is 20.2 Å². The smallest absolute Gasteiger partial charge is 0.331 e. The molecular weight excluding hydrogens is 324 g/mol. The number of nitrogens with one attached hydrogen (secondary N) is 1. The molecule has 0 radical (unpaired) electrons. The summed E-state index contributed by atoms with van der Waals surface area (Å²) >= 11 is 0. The molecule has 2 amide bonds. The van der Waals surface area contributed by atoms with Crippen molar-refractivity contribution in [2.24, 2.45) is 7.05 Å². The fourth-order valence-electron chi connectivity index (χ4n) is 2.28. The predicted octanol–water partition coefficient (Wildman–Crippen LogP) is 0.330. The lowest BCUT2D eigenvalue weighted by Gasteiger charge is -2.16. The third-order valence-corrected chi connectivity index (χ3v) is 4.04. The normalized spacial score (nSPS) is 13.8. The van der Waals surface area contributed by atoms with E-state index in [1.165, 1.54) is 18.0 Å². The molecule has 1 aliphatic rings. The minimum Gasteiger partial charge on any atom is -0.452 e. The summed E-state index contributed by atoms with van der Waals surface area (Å²) in [5.41, 5.74) is 2.58. The Hall–Kier alpha value is -2.64. The molecule has 1 aliphatic carbocycles. The lowest BCUT2D eigenvalue weighted by atomic mass is 10.2. The van der Waals surface area contributed by atoms with Crippen LogP contribution in [0.15, 0.2) is 6.08 Å². The van der Waals surface area contributed by atoms with Crippen LogP contribution < -0.4 is 5.32 Å². The van der Waals surface area contributed by atoms with E-state index in [0.29, 0.717) is 0 Å². The molecule has 8 heteroatoms. The van der Waals surface area contributed by atoms with Gasteiger partial charge in [0.2, 0.25) is 5.91 Å². The molecule has 0 spiro atoms. The SMILES string of the molecule is Cc1nn(C)c(C)c1/C=C/C(=O)OCC(=O)N(C)CC(=O)NC1CC1. The number of ether oxygens (including phenoxy) is 1. The van der Waals surface area contributed by atoms with E-state index in [4.69, 9.17) is 4.74 Å². The van der Waals surface area contributed by atoms with Gasteiger partial charge in [-0.1, -0.05) is 0 Å². The number of esters is 1. The second-order valence-electron chi connectivity index (χ2n) is 6.24. The largest absolute Gasteiger partial charge is 0.452 e. The number of aryl methyl sites for hydroxylation is 2. The maximum absolute atomic E-state index is 11.9. The van der Waals surface area contributed by atoms with Crippen molar-refractivity contribution in [2.45, 2.75) is 32.7 Å². The van der Waals surface area contributed by atoms with Gasteiger partial charge in [0, 0.05) is 37.5 Å². The lowest BCUT2D eigenvalue weighted by Crippen LogP contribution is -2.40. The average Bonchev–Trinajstić information content (AvgIpc) is 3.31. The first-order valence-corrected chi connectivity index (χ1v) is 8.16. The van der Waals surface area contributed by atoms with Crippen molar-refractivity contribution >= 4 is 23.9 Å². The number of carbonyl (C=O) groups is 3. The van der Waals surface area contributed by atoms with Gasteiger partial charge in [-0.3, -0.25) is 14.3 Å². The van der Waals surface area contributed by atoms with Crippen molar-refractivity contribution in [3.05, 3.63) is 23.0 Å². The molecule has 0 unspecified atom stereocenters. The molecule has 2 rings (SSSR count). The van der Waals surface area contributed by atoms with E-state index >= 15 is 0 Å². The third kappa shape index (κ3) is 5.44. The molecule has 0 bridgehead atoms. The highest BCUT2D eigenvalue weighted by Crippen LogP contribution is 2.18. The van der Waals surface area contributed by atoms with Gasteiger partial charge in [0.15, 0.2) is 6.61 Å². The van der Waals surface area contributed by atoms with Crippen LogP contribution in [0, 0.1) is 13.8 Å². The van der Waals surface area contributed by atoms with E-state index in [0.717, 1.165) is 29.8 Å². The van der Waals surface area contributed by atoms with Gasteiger partial charge in [-0.25, -0.2) is 4.79 Å². The summed E-state index contributed by atoms with van der Waals surface area (Å²) in [4.78, 5) is 36.5. The highest BCUT2D eigenvalue weighted by atomic mass is 16.5. The molecule has 0 atom stereocenters. The molecule has 1 aromatic heterocycles. The molecule has 0 saturated heterocycles. The first-order chi connectivity index (χ1) is 11.8. The predicted molar refractivity (Wildman–Crippen MR) is 91.5 cm³/mol. The number of nitrogens with zero attached hydrogens (tertiary/aromatic N) is 3. The van der Waals surface area contributed by atoms with E-state index in [1.807, 2.05) is 20.9 Å². The van der Waals surface area contributed by atoms with Crippen LogP contribution >= 0.6 is 0 Å². The third-order valence-electron chi connectivity index (χ3n) is 4.04. The van der Waals surface area contributed by atoms with E-state index in [1.54, 1.807) is 10.8 Å². The quantitative estimate of drug-likeness (QED) is 0.566. The minimum absolute atomic E-state index is 0.0448. The van der Waals surface area contributed by atoms with Crippen LogP contribution in [0.2, 0.25) is 0 Å². The maximum Gasteiger partial charge on any atom is 0.331 e. The molecule has 136 valence electrons. The standard InChI is InChI=1S/C17H24N4O4/c1-11-14(12(2)21(4)19-11)7-8-17(24)25-10-16(23)20(3)9-15(22)18-13-5-6-13/h7-8,13H,5-6,9-10H2,1-4H3,(H,18,22)/b8-7+. The van der Waals surface area contributed by atoms with Crippen LogP contribution in [0.4, 0.5) is 0 Å². The van der Waals surface area contributed by atoms with E-state index in [9.17, 15) is 14.4 Å². The van der Waals surface area contributed by atoms with Crippen LogP contribution in [0.1, 0.15) is 29.8 Å². The van der Waals surface area contributed by atoms with Crippen LogP contribution in [0.5, 0.6) is 0 Å². The summed E-state index contributed by atoms with van der Waals surface area (Å²) in [5.74, 6) is -1.25. The van der Waals surface area contributed by atoms with Gasteiger partial charge in [-0.15, -0.1) is 0 Å². The molecule has 8 nitrogen and oxygen atoms in total. The fourth-order valence-corrected chi connectivity index (χ4v) is 2.28. The summed E-state index contributed by atoms with van der Waals surface area (Å²) in [5, 5.41) is 7.05. The van der Waals surface area contributed by atoms with Gasteiger partial charge in [-0.05, 0) is 32.8 Å². The van der Waals surface area contributed by atoms with Gasteiger partial charge in [0.1, 0.15) is 0 Å². The Morgan fingerprint density at radius 3 is 2.60 bits per heavy atom. The Balaban J connectivity index is 1.77. The van der Waals surface area contributed by atoms with Gasteiger partial charge >= 0.3 is 5.97 Å². The van der Waals surface area contributed by atoms with Crippen LogP contribution in [-0.2, 0) is 26.2 Å². The van der Waals surface area contributed by atoms with E-state index in [2.05, 4.69) is 10.4 Å². The Kier molecular flexibility index (Phi) is 5.95. The highest BCUT2D eigenvalue weighted by Gasteiger charge is 2.24. The number of rotatable bonds is 7. The van der Waals surface area contributed by atoms with Gasteiger partial charge in [-0.2, -0.15) is 5.10 Å². The van der Waals surface area contributed by atoms with Crippen molar-refractivity contribution in [1.82, 2.24) is 20.0 Å². The Bertz CT molecular complexity index is 704. The number of aromatic nitrogens is 2. The highest BCUT2D eigenvalue weighted by molar-refractivity contribution is 5.90. The van der Waals surface area contributed by atoms with Crippen molar-refractivity contribution < 1.29 is 19.1 Å². The molecule has 1 heterocycles. The summed E-state index contributed by atoms with van der Waals surface area (Å²) in [6.45, 7) is 3.30. The zero-order chi connectivity index (χ0) is 18.6. The molecule has 0 aliphatic heterocycles. The second-order valence-corrected chi connectivity index (χ2v) is 6.24. The number of carbonyl (C=O) groups excluding carboxylic acids is 3. The number of amides is 2. The molecule has 1 N–H and O–H groups in total. The number of hydrogen-bond acceptors (Lipinski definition) is 5. The second kappa shape index (κ2) is 7.96. The molecular formula is C17H24N4O4. The molecule has 25 heavy (non-hydrogen) atoms. The van der Waals surface area contributed by atoms with E-state index in [-0.39, 0.29) is 18.5 Å². The van der Waals surface area contributed by atoms with Crippen LogP contribution in [-0.4, -0.2) is 58.7 Å². The Morgan fingerprint density at radius 1 is 1.36 bits per heavy atom. The van der Waals surface area contributed by atoms with Crippen LogP contribution in [0.3, 0.4) is 0 Å². The van der Waals surface area contributed by atoms with Crippen molar-refractivity contribution in [1.29, 1.82) is 0 Å². The zero-order valence-electron chi connectivity index (χ0n) is 15.0. The maximum atomic E-state index is 11.9. The van der Waals surface area contributed by atoms with Crippen LogP contribution in [0.25, 0.3) is 6.08 Å². The zero-order valence-corrected chi connectivity index (χ0v) is 15.0. The molecule has 1 aromatic rings. The number of likely N-dealkylation sites (N-methyl/N-ethyl adjacent to an activating group) is 1. The summed E-state index contributed by atoms with van der Waals surface area (Å²) < 4.78 is 6.66. The molecule has 0 aromatic carbocycles. The van der Waals surface area contributed by atoms with E-state index < -0.39 is 18.5 Å². The first-order valence-electron chi connectivity index (χ1n) is 8.16. The molecule has 1 saturated carbocycles. The van der Waals surface area contributed by atoms with Crippen molar-refractivity contribution in [3.63, 3.8) is 0 Å². The number of hydrogen-bond donors (Lipinski definition) is 1. The van der Waals surface area contributed by atoms with Gasteiger partial charge in [0.25, 0.3) is 5.91 Å². The monoisotopic (exact) mass is 348 g/mol. The Morgan fingerprint density at radius 2 is 2.04 bits per heavy atom. The molecule has 1 fully saturated rings. The van der Waals surface area contributed by atoms with Gasteiger partial charge < -0.3 is 15.0 Å². The van der Waals surface area contributed by atoms with Crippen molar-refractivity contribution in [3.8, 4) is 0 Å². The lowest BCUT2D eigenvalue weighted by molar-refractivity contribution is -0.148. The first kappa shape index (κ1) is 18.7. The topological polar surface area (TPSA) is 93.5 Å². The summed E-state index contributed by atoms with van der Waals surface area (Å²) in [6, 6.07) is 0.248. The van der Waals surface area contributed by atoms with Gasteiger partial charge in [0.05, 0.1) is 12.2 Å².